The minimum absolute atomic E-state index is 0.809. The van der Waals surface area contributed by atoms with Gasteiger partial charge in [-0.05, 0) is 36.5 Å². The van der Waals surface area contributed by atoms with Crippen molar-refractivity contribution in [3.8, 4) is 0 Å². The van der Waals surface area contributed by atoms with Gasteiger partial charge in [0.15, 0.2) is 0 Å². The number of benzene rings is 1. The van der Waals surface area contributed by atoms with Crippen molar-refractivity contribution in [2.75, 3.05) is 6.66 Å². The lowest BCUT2D eigenvalue weighted by Gasteiger charge is -2.31. The second-order valence-corrected chi connectivity index (χ2v) is 10.1. The molecule has 2 heteroatoms. The fourth-order valence-electron chi connectivity index (χ4n) is 2.51. The molecule has 0 aliphatic heterocycles. The zero-order valence-corrected chi connectivity index (χ0v) is 11.1. The van der Waals surface area contributed by atoms with Crippen LogP contribution < -0.4 is 5.30 Å². The van der Waals surface area contributed by atoms with Crippen LogP contribution in [0.4, 0.5) is 0 Å². The highest BCUT2D eigenvalue weighted by Gasteiger charge is 2.26. The molecule has 0 unspecified atom stereocenters. The first kappa shape index (κ1) is 11.4. The van der Waals surface area contributed by atoms with Gasteiger partial charge in [0, 0.05) is 0 Å². The van der Waals surface area contributed by atoms with Crippen LogP contribution >= 0.6 is 6.04 Å². The van der Waals surface area contributed by atoms with Crippen LogP contribution in [0, 0.1) is 0 Å². The first-order valence-electron chi connectivity index (χ1n) is 5.84. The molecule has 1 atom stereocenters. The van der Waals surface area contributed by atoms with Gasteiger partial charge in [0.1, 0.15) is 0 Å². The Bertz CT molecular complexity index is 352. The summed E-state index contributed by atoms with van der Waals surface area (Å²) in [5.41, 5.74) is 0.809. The summed E-state index contributed by atoms with van der Waals surface area (Å²) in [6.07, 6.45) is 6.93. The highest BCUT2D eigenvalue weighted by molar-refractivity contribution is 8.18. The van der Waals surface area contributed by atoms with Gasteiger partial charge in [-0.1, -0.05) is 61.4 Å². The second kappa shape index (κ2) is 4.80. The van der Waals surface area contributed by atoms with Gasteiger partial charge in [0.2, 0.25) is 0 Å². The van der Waals surface area contributed by atoms with Crippen molar-refractivity contribution < 1.29 is 0 Å². The fraction of sp³-hybridized carbons (Fsp3) is 0.538. The Morgan fingerprint density at radius 1 is 1.07 bits per heavy atom. The molecular weight excluding hydrogens is 219 g/mol. The van der Waals surface area contributed by atoms with E-state index in [4.69, 9.17) is 11.8 Å². The largest absolute Gasteiger partial charge is 0.0926 e. The number of hydrogen-bond acceptors (Lipinski definition) is 1. The average Bonchev–Trinajstić information content (AvgIpc) is 2.31. The Kier molecular flexibility index (Phi) is 3.64. The Balaban J connectivity index is 2.22. The molecule has 0 bridgehead atoms. The summed E-state index contributed by atoms with van der Waals surface area (Å²) in [7, 11) is 0. The van der Waals surface area contributed by atoms with Crippen LogP contribution in [0.25, 0.3) is 0 Å². The molecule has 2 rings (SSSR count). The van der Waals surface area contributed by atoms with E-state index in [0.29, 0.717) is 0 Å². The molecule has 0 aromatic heterocycles. The molecule has 15 heavy (non-hydrogen) atoms. The second-order valence-electron chi connectivity index (χ2n) is 4.62. The standard InChI is InChI=1S/C13H19PS/c1-14(15,12-8-4-2-5-9-12)13-10-6-3-7-11-13/h2,4-5,8-9,13H,3,6-7,10-11H2,1H3/t14-/m1/s1. The van der Waals surface area contributed by atoms with Crippen LogP contribution in [0.15, 0.2) is 30.3 Å². The van der Waals surface area contributed by atoms with Gasteiger partial charge in [-0.15, -0.1) is 0 Å². The minimum Gasteiger partial charge on any atom is -0.0926 e. The molecular formula is C13H19PS. The quantitative estimate of drug-likeness (QED) is 0.707. The summed E-state index contributed by atoms with van der Waals surface area (Å²) in [6.45, 7) is 2.34. The van der Waals surface area contributed by atoms with Crippen molar-refractivity contribution in [3.63, 3.8) is 0 Å². The third-order valence-corrected chi connectivity index (χ3v) is 8.30. The zero-order valence-electron chi connectivity index (χ0n) is 9.36. The Hall–Kier alpha value is -0.130. The smallest absolute Gasteiger partial charge is 0.00832 e. The van der Waals surface area contributed by atoms with E-state index in [9.17, 15) is 0 Å². The molecule has 0 N–H and O–H groups in total. The van der Waals surface area contributed by atoms with Gasteiger partial charge in [-0.25, -0.2) is 0 Å². The minimum atomic E-state index is -1.29. The van der Waals surface area contributed by atoms with E-state index >= 15 is 0 Å². The van der Waals surface area contributed by atoms with Crippen LogP contribution in [0.1, 0.15) is 32.1 Å². The maximum atomic E-state index is 5.94. The highest BCUT2D eigenvalue weighted by Crippen LogP contribution is 2.51. The summed E-state index contributed by atoms with van der Waals surface area (Å²) in [5, 5.41) is 1.44. The van der Waals surface area contributed by atoms with Crippen molar-refractivity contribution >= 4 is 23.1 Å². The highest BCUT2D eigenvalue weighted by atomic mass is 32.4. The zero-order chi connectivity index (χ0) is 10.7. The van der Waals surface area contributed by atoms with Crippen molar-refractivity contribution in [3.05, 3.63) is 30.3 Å². The van der Waals surface area contributed by atoms with E-state index < -0.39 is 6.04 Å². The molecule has 1 aliphatic carbocycles. The Labute approximate surface area is 98.1 Å². The van der Waals surface area contributed by atoms with E-state index in [-0.39, 0.29) is 0 Å². The predicted octanol–water partition coefficient (Wildman–Crippen LogP) is 3.75. The molecule has 1 aliphatic rings. The summed E-state index contributed by atoms with van der Waals surface area (Å²) >= 11 is 5.94. The topological polar surface area (TPSA) is 0 Å². The first-order valence-corrected chi connectivity index (χ1v) is 9.16. The normalized spacial score (nSPS) is 22.2. The van der Waals surface area contributed by atoms with Crippen molar-refractivity contribution in [2.45, 2.75) is 37.8 Å². The summed E-state index contributed by atoms with van der Waals surface area (Å²) in [6, 6.07) is 9.51. The molecule has 1 aromatic rings. The third kappa shape index (κ3) is 2.52. The summed E-state index contributed by atoms with van der Waals surface area (Å²) in [4.78, 5) is 0. The van der Waals surface area contributed by atoms with Crippen molar-refractivity contribution in [2.24, 2.45) is 0 Å². The van der Waals surface area contributed by atoms with Gasteiger partial charge in [-0.3, -0.25) is 0 Å². The summed E-state index contributed by atoms with van der Waals surface area (Å²) < 4.78 is 0. The van der Waals surface area contributed by atoms with Crippen LogP contribution in [0.3, 0.4) is 0 Å². The molecule has 0 heterocycles. The molecule has 0 nitrogen and oxygen atoms in total. The lowest BCUT2D eigenvalue weighted by Crippen LogP contribution is -2.19. The molecule has 82 valence electrons. The fourth-order valence-corrected chi connectivity index (χ4v) is 6.04. The monoisotopic (exact) mass is 238 g/mol. The lowest BCUT2D eigenvalue weighted by molar-refractivity contribution is 0.512. The number of rotatable bonds is 2. The van der Waals surface area contributed by atoms with Crippen LogP contribution in [0.2, 0.25) is 0 Å². The van der Waals surface area contributed by atoms with Gasteiger partial charge in [0.25, 0.3) is 0 Å². The molecule has 0 amide bonds. The van der Waals surface area contributed by atoms with Crippen molar-refractivity contribution in [1.29, 1.82) is 0 Å². The molecule has 1 saturated carbocycles. The van der Waals surface area contributed by atoms with Gasteiger partial charge >= 0.3 is 0 Å². The lowest BCUT2D eigenvalue weighted by atomic mass is 10.0. The Morgan fingerprint density at radius 3 is 2.27 bits per heavy atom. The molecule has 0 spiro atoms. The maximum absolute atomic E-state index is 5.94. The Morgan fingerprint density at radius 2 is 1.67 bits per heavy atom. The van der Waals surface area contributed by atoms with Crippen LogP contribution in [-0.2, 0) is 11.8 Å². The molecule has 0 radical (unpaired) electrons. The van der Waals surface area contributed by atoms with Crippen LogP contribution in [0.5, 0.6) is 0 Å². The predicted molar refractivity (Wildman–Crippen MR) is 73.2 cm³/mol. The summed E-state index contributed by atoms with van der Waals surface area (Å²) in [5.74, 6) is 0. The number of hydrogen-bond donors (Lipinski definition) is 0. The van der Waals surface area contributed by atoms with Gasteiger partial charge in [0.05, 0.1) is 0 Å². The molecule has 1 aromatic carbocycles. The van der Waals surface area contributed by atoms with Gasteiger partial charge < -0.3 is 0 Å². The third-order valence-electron chi connectivity index (χ3n) is 3.54. The van der Waals surface area contributed by atoms with E-state index in [2.05, 4.69) is 37.0 Å². The van der Waals surface area contributed by atoms with Crippen LogP contribution in [-0.4, -0.2) is 12.3 Å². The van der Waals surface area contributed by atoms with Crippen molar-refractivity contribution in [1.82, 2.24) is 0 Å². The van der Waals surface area contributed by atoms with E-state index in [1.165, 1.54) is 37.4 Å². The van der Waals surface area contributed by atoms with E-state index in [1.807, 2.05) is 0 Å². The molecule has 1 fully saturated rings. The average molecular weight is 238 g/mol. The molecule has 0 saturated heterocycles. The maximum Gasteiger partial charge on any atom is -0.00832 e. The van der Waals surface area contributed by atoms with E-state index in [1.54, 1.807) is 0 Å². The van der Waals surface area contributed by atoms with Gasteiger partial charge in [-0.2, -0.15) is 0 Å². The van der Waals surface area contributed by atoms with E-state index in [0.717, 1.165) is 5.66 Å². The first-order chi connectivity index (χ1) is 7.21. The SMILES string of the molecule is C[P@@](=S)(c1ccccc1)C1CCCCC1.